The summed E-state index contributed by atoms with van der Waals surface area (Å²) in [5, 5.41) is 2.96. The van der Waals surface area contributed by atoms with Crippen molar-refractivity contribution in [2.45, 2.75) is 51.5 Å². The Hall–Kier alpha value is -1.58. The van der Waals surface area contributed by atoms with E-state index in [1.54, 1.807) is 6.07 Å². The molecule has 0 unspecified atom stereocenters. The Morgan fingerprint density at radius 1 is 1.33 bits per heavy atom. The summed E-state index contributed by atoms with van der Waals surface area (Å²) in [6.45, 7) is 3.32. The third-order valence-corrected chi connectivity index (χ3v) is 4.20. The van der Waals surface area contributed by atoms with Gasteiger partial charge in [-0.15, -0.1) is 0 Å². The normalized spacial score (nSPS) is 15.7. The summed E-state index contributed by atoms with van der Waals surface area (Å²) >= 11 is 0. The van der Waals surface area contributed by atoms with Crippen molar-refractivity contribution in [2.75, 3.05) is 13.1 Å². The van der Waals surface area contributed by atoms with E-state index in [0.29, 0.717) is 19.0 Å². The maximum absolute atomic E-state index is 13.1. The number of hydrogen-bond acceptors (Lipinski definition) is 1. The molecule has 1 aliphatic rings. The van der Waals surface area contributed by atoms with Gasteiger partial charge in [0.05, 0.1) is 0 Å². The predicted molar refractivity (Wildman–Crippen MR) is 82.8 cm³/mol. The fourth-order valence-corrected chi connectivity index (χ4v) is 3.07. The van der Waals surface area contributed by atoms with Gasteiger partial charge < -0.3 is 10.2 Å². The van der Waals surface area contributed by atoms with Crippen molar-refractivity contribution in [1.82, 2.24) is 10.2 Å². The summed E-state index contributed by atoms with van der Waals surface area (Å²) in [6.07, 6.45) is 6.62. The van der Waals surface area contributed by atoms with Gasteiger partial charge in [-0.2, -0.15) is 0 Å². The quantitative estimate of drug-likeness (QED) is 0.881. The lowest BCUT2D eigenvalue weighted by Crippen LogP contribution is -2.47. The van der Waals surface area contributed by atoms with Gasteiger partial charge >= 0.3 is 6.03 Å². The van der Waals surface area contributed by atoms with Crippen LogP contribution in [0.1, 0.15) is 44.6 Å². The van der Waals surface area contributed by atoms with Gasteiger partial charge in [-0.1, -0.05) is 31.4 Å². The van der Waals surface area contributed by atoms with Crippen molar-refractivity contribution in [3.63, 3.8) is 0 Å². The standard InChI is InChI=1S/C17H25FN2O/c1-2-20(16-9-4-3-5-10-16)17(21)19-12-11-14-7-6-8-15(18)13-14/h6-8,13,16H,2-5,9-12H2,1H3,(H,19,21). The van der Waals surface area contributed by atoms with Crippen LogP contribution in [0.25, 0.3) is 0 Å². The molecule has 0 saturated heterocycles. The molecule has 1 saturated carbocycles. The van der Waals surface area contributed by atoms with E-state index < -0.39 is 0 Å². The maximum atomic E-state index is 13.1. The van der Waals surface area contributed by atoms with Gasteiger partial charge in [-0.05, 0) is 43.9 Å². The third kappa shape index (κ3) is 4.73. The number of hydrogen-bond donors (Lipinski definition) is 1. The maximum Gasteiger partial charge on any atom is 0.317 e. The van der Waals surface area contributed by atoms with E-state index in [1.165, 1.54) is 31.4 Å². The van der Waals surface area contributed by atoms with Gasteiger partial charge in [0.1, 0.15) is 5.82 Å². The van der Waals surface area contributed by atoms with E-state index in [0.717, 1.165) is 24.9 Å². The molecule has 0 bridgehead atoms. The Morgan fingerprint density at radius 3 is 2.76 bits per heavy atom. The highest BCUT2D eigenvalue weighted by atomic mass is 19.1. The third-order valence-electron chi connectivity index (χ3n) is 4.20. The smallest absolute Gasteiger partial charge is 0.317 e. The summed E-state index contributed by atoms with van der Waals surface area (Å²) < 4.78 is 13.1. The molecule has 4 heteroatoms. The summed E-state index contributed by atoms with van der Waals surface area (Å²) in [4.78, 5) is 14.2. The lowest BCUT2D eigenvalue weighted by atomic mass is 9.94. The van der Waals surface area contributed by atoms with Crippen LogP contribution in [0, 0.1) is 5.82 Å². The highest BCUT2D eigenvalue weighted by molar-refractivity contribution is 5.74. The predicted octanol–water partition coefficient (Wildman–Crippen LogP) is 3.73. The molecule has 2 rings (SSSR count). The number of amides is 2. The molecule has 0 heterocycles. The summed E-state index contributed by atoms with van der Waals surface area (Å²) in [7, 11) is 0. The number of urea groups is 1. The fraction of sp³-hybridized carbons (Fsp3) is 0.588. The Labute approximate surface area is 126 Å². The van der Waals surface area contributed by atoms with Crippen LogP contribution in [0.3, 0.4) is 0 Å². The average Bonchev–Trinajstić information content (AvgIpc) is 2.49. The lowest BCUT2D eigenvalue weighted by molar-refractivity contribution is 0.160. The minimum atomic E-state index is -0.226. The van der Waals surface area contributed by atoms with Gasteiger partial charge in [-0.3, -0.25) is 0 Å². The number of rotatable bonds is 5. The zero-order valence-corrected chi connectivity index (χ0v) is 12.8. The van der Waals surface area contributed by atoms with Crippen LogP contribution >= 0.6 is 0 Å². The van der Waals surface area contributed by atoms with Crippen molar-refractivity contribution in [2.24, 2.45) is 0 Å². The molecule has 1 fully saturated rings. The molecule has 0 spiro atoms. The number of carbonyl (C=O) groups is 1. The van der Waals surface area contributed by atoms with E-state index in [2.05, 4.69) is 5.32 Å². The van der Waals surface area contributed by atoms with Crippen LogP contribution in [0.4, 0.5) is 9.18 Å². The number of carbonyl (C=O) groups excluding carboxylic acids is 1. The van der Waals surface area contributed by atoms with Crippen LogP contribution in [-0.2, 0) is 6.42 Å². The zero-order chi connectivity index (χ0) is 15.1. The van der Waals surface area contributed by atoms with Crippen LogP contribution in [0.5, 0.6) is 0 Å². The molecule has 1 aromatic carbocycles. The Kier molecular flexibility index (Phi) is 6.03. The SMILES string of the molecule is CCN(C(=O)NCCc1cccc(F)c1)C1CCCCC1. The molecule has 0 atom stereocenters. The second-order valence-corrected chi connectivity index (χ2v) is 5.69. The Balaban J connectivity index is 1.79. The first-order valence-corrected chi connectivity index (χ1v) is 7.99. The van der Waals surface area contributed by atoms with Crippen molar-refractivity contribution < 1.29 is 9.18 Å². The van der Waals surface area contributed by atoms with Gasteiger partial charge in [0.15, 0.2) is 0 Å². The highest BCUT2D eigenvalue weighted by Gasteiger charge is 2.23. The molecule has 21 heavy (non-hydrogen) atoms. The number of halogens is 1. The topological polar surface area (TPSA) is 32.3 Å². The molecule has 0 aliphatic heterocycles. The van der Waals surface area contributed by atoms with Crippen LogP contribution in [-0.4, -0.2) is 30.1 Å². The number of nitrogens with zero attached hydrogens (tertiary/aromatic N) is 1. The summed E-state index contributed by atoms with van der Waals surface area (Å²) in [6, 6.07) is 6.94. The van der Waals surface area contributed by atoms with Gasteiger partial charge in [-0.25, -0.2) is 9.18 Å². The van der Waals surface area contributed by atoms with Crippen molar-refractivity contribution >= 4 is 6.03 Å². The molecule has 1 aliphatic carbocycles. The molecular weight excluding hydrogens is 267 g/mol. The Morgan fingerprint density at radius 2 is 2.10 bits per heavy atom. The van der Waals surface area contributed by atoms with Crippen molar-refractivity contribution in [3.8, 4) is 0 Å². The number of nitrogens with one attached hydrogen (secondary N) is 1. The van der Waals surface area contributed by atoms with Crippen LogP contribution in [0.15, 0.2) is 24.3 Å². The lowest BCUT2D eigenvalue weighted by Gasteiger charge is -2.33. The van der Waals surface area contributed by atoms with Crippen LogP contribution < -0.4 is 5.32 Å². The largest absolute Gasteiger partial charge is 0.338 e. The second kappa shape index (κ2) is 8.01. The minimum Gasteiger partial charge on any atom is -0.338 e. The van der Waals surface area contributed by atoms with E-state index in [9.17, 15) is 9.18 Å². The molecule has 1 aromatic rings. The van der Waals surface area contributed by atoms with Gasteiger partial charge in [0.25, 0.3) is 0 Å². The van der Waals surface area contributed by atoms with Crippen molar-refractivity contribution in [3.05, 3.63) is 35.6 Å². The molecule has 116 valence electrons. The van der Waals surface area contributed by atoms with E-state index in [4.69, 9.17) is 0 Å². The summed E-state index contributed by atoms with van der Waals surface area (Å²) in [5.74, 6) is -0.226. The van der Waals surface area contributed by atoms with Crippen LogP contribution in [0.2, 0.25) is 0 Å². The van der Waals surface area contributed by atoms with Gasteiger partial charge in [0.2, 0.25) is 0 Å². The first kappa shape index (κ1) is 15.8. The minimum absolute atomic E-state index is 0.0146. The molecule has 3 nitrogen and oxygen atoms in total. The monoisotopic (exact) mass is 292 g/mol. The highest BCUT2D eigenvalue weighted by Crippen LogP contribution is 2.22. The molecule has 0 aromatic heterocycles. The van der Waals surface area contributed by atoms with E-state index in [1.807, 2.05) is 17.9 Å². The molecule has 1 N–H and O–H groups in total. The Bertz CT molecular complexity index is 458. The van der Waals surface area contributed by atoms with Crippen molar-refractivity contribution in [1.29, 1.82) is 0 Å². The van der Waals surface area contributed by atoms with Gasteiger partial charge in [0, 0.05) is 19.1 Å². The average molecular weight is 292 g/mol. The fourth-order valence-electron chi connectivity index (χ4n) is 3.07. The number of benzene rings is 1. The molecule has 0 radical (unpaired) electrons. The van der Waals surface area contributed by atoms with E-state index >= 15 is 0 Å². The molecule has 2 amide bonds. The van der Waals surface area contributed by atoms with E-state index in [-0.39, 0.29) is 11.8 Å². The first-order valence-electron chi connectivity index (χ1n) is 7.99. The zero-order valence-electron chi connectivity index (χ0n) is 12.8. The summed E-state index contributed by atoms with van der Waals surface area (Å²) in [5.41, 5.74) is 0.913. The second-order valence-electron chi connectivity index (χ2n) is 5.69. The molecular formula is C17H25FN2O. The first-order chi connectivity index (χ1) is 10.2.